The lowest BCUT2D eigenvalue weighted by atomic mass is 9.97. The summed E-state index contributed by atoms with van der Waals surface area (Å²) in [6.45, 7) is 0.458. The Morgan fingerprint density at radius 3 is 2.09 bits per heavy atom. The van der Waals surface area contributed by atoms with E-state index in [9.17, 15) is 13.2 Å². The fourth-order valence-electron chi connectivity index (χ4n) is 3.64. The Kier molecular flexibility index (Phi) is 7.47. The van der Waals surface area contributed by atoms with Gasteiger partial charge in [0.25, 0.3) is 0 Å². The van der Waals surface area contributed by atoms with E-state index >= 15 is 0 Å². The Hall–Kier alpha value is -2.98. The van der Waals surface area contributed by atoms with E-state index in [1.807, 2.05) is 0 Å². The second kappa shape index (κ2) is 10.1. The molecule has 9 nitrogen and oxygen atoms in total. The Balaban J connectivity index is 1.68. The molecule has 1 heterocycles. The maximum absolute atomic E-state index is 13.2. The van der Waals surface area contributed by atoms with Crippen LogP contribution in [-0.2, 0) is 14.8 Å². The first kappa shape index (κ1) is 23.7. The lowest BCUT2D eigenvalue weighted by Gasteiger charge is -2.31. The number of amides is 1. The summed E-state index contributed by atoms with van der Waals surface area (Å²) in [6, 6.07) is 9.78. The third-order valence-electron chi connectivity index (χ3n) is 5.46. The predicted octanol–water partition coefficient (Wildman–Crippen LogP) is 2.76. The van der Waals surface area contributed by atoms with Gasteiger partial charge >= 0.3 is 0 Å². The average molecular weight is 465 g/mol. The summed E-state index contributed by atoms with van der Waals surface area (Å²) in [7, 11) is 2.16. The summed E-state index contributed by atoms with van der Waals surface area (Å²) in [6.07, 6.45) is 0.815. The maximum atomic E-state index is 13.2. The highest BCUT2D eigenvalue weighted by atomic mass is 32.2. The number of piperidine rings is 1. The highest BCUT2D eigenvalue weighted by molar-refractivity contribution is 7.89. The SMILES string of the molecule is COc1ccc(OC)c(S(=O)(=O)N2CCC(C(=O)Nc3ccc(OC)c(OC)c3)CC2)c1. The molecule has 0 bridgehead atoms. The number of rotatable bonds is 8. The molecule has 3 rings (SSSR count). The van der Waals surface area contributed by atoms with E-state index in [0.717, 1.165) is 0 Å². The zero-order valence-corrected chi connectivity index (χ0v) is 19.4. The molecule has 1 N–H and O–H groups in total. The minimum Gasteiger partial charge on any atom is -0.497 e. The molecule has 0 saturated carbocycles. The van der Waals surface area contributed by atoms with Crippen molar-refractivity contribution in [3.05, 3.63) is 36.4 Å². The van der Waals surface area contributed by atoms with Crippen molar-refractivity contribution in [2.45, 2.75) is 17.7 Å². The van der Waals surface area contributed by atoms with Crippen molar-refractivity contribution in [2.24, 2.45) is 5.92 Å². The van der Waals surface area contributed by atoms with Crippen LogP contribution in [0.4, 0.5) is 5.69 Å². The van der Waals surface area contributed by atoms with Crippen LogP contribution in [0.2, 0.25) is 0 Å². The van der Waals surface area contributed by atoms with Gasteiger partial charge in [0.05, 0.1) is 28.4 Å². The van der Waals surface area contributed by atoms with Crippen molar-refractivity contribution in [1.82, 2.24) is 4.31 Å². The van der Waals surface area contributed by atoms with E-state index < -0.39 is 10.0 Å². The zero-order valence-electron chi connectivity index (χ0n) is 18.6. The molecule has 1 saturated heterocycles. The molecule has 0 atom stereocenters. The van der Waals surface area contributed by atoms with Crippen molar-refractivity contribution < 1.29 is 32.2 Å². The highest BCUT2D eigenvalue weighted by Crippen LogP contribution is 2.33. The lowest BCUT2D eigenvalue weighted by Crippen LogP contribution is -2.41. The monoisotopic (exact) mass is 464 g/mol. The molecule has 2 aromatic rings. The molecular formula is C22H28N2O7S. The Morgan fingerprint density at radius 2 is 1.50 bits per heavy atom. The van der Waals surface area contributed by atoms with Crippen molar-refractivity contribution in [3.8, 4) is 23.0 Å². The van der Waals surface area contributed by atoms with Crippen LogP contribution in [-0.4, -0.2) is 60.2 Å². The molecule has 1 fully saturated rings. The molecule has 0 radical (unpaired) electrons. The van der Waals surface area contributed by atoms with Gasteiger partial charge in [-0.3, -0.25) is 4.79 Å². The van der Waals surface area contributed by atoms with Gasteiger partial charge in [-0.25, -0.2) is 8.42 Å². The largest absolute Gasteiger partial charge is 0.497 e. The third-order valence-corrected chi connectivity index (χ3v) is 7.38. The molecule has 32 heavy (non-hydrogen) atoms. The van der Waals surface area contributed by atoms with E-state index in [4.69, 9.17) is 18.9 Å². The molecule has 1 amide bonds. The van der Waals surface area contributed by atoms with Crippen LogP contribution in [0, 0.1) is 5.92 Å². The van der Waals surface area contributed by atoms with Crippen LogP contribution in [0.25, 0.3) is 0 Å². The number of anilines is 1. The Labute approximate surface area is 188 Å². The molecule has 0 aliphatic carbocycles. The third kappa shape index (κ3) is 4.91. The average Bonchev–Trinajstić information content (AvgIpc) is 2.83. The van der Waals surface area contributed by atoms with Gasteiger partial charge in [0, 0.05) is 36.8 Å². The first-order valence-electron chi connectivity index (χ1n) is 10.1. The predicted molar refractivity (Wildman–Crippen MR) is 119 cm³/mol. The summed E-state index contributed by atoms with van der Waals surface area (Å²) >= 11 is 0. The van der Waals surface area contributed by atoms with E-state index in [0.29, 0.717) is 35.8 Å². The maximum Gasteiger partial charge on any atom is 0.246 e. The normalized spacial score (nSPS) is 15.1. The number of hydrogen-bond acceptors (Lipinski definition) is 7. The van der Waals surface area contributed by atoms with Crippen LogP contribution in [0.15, 0.2) is 41.3 Å². The van der Waals surface area contributed by atoms with Crippen molar-refractivity contribution in [2.75, 3.05) is 46.8 Å². The molecule has 2 aromatic carbocycles. The number of nitrogens with one attached hydrogen (secondary N) is 1. The summed E-state index contributed by atoms with van der Waals surface area (Å²) in [5, 5.41) is 2.88. The highest BCUT2D eigenvalue weighted by Gasteiger charge is 2.34. The van der Waals surface area contributed by atoms with Crippen molar-refractivity contribution in [3.63, 3.8) is 0 Å². The quantitative estimate of drug-likeness (QED) is 0.641. The second-order valence-corrected chi connectivity index (χ2v) is 9.16. The zero-order chi connectivity index (χ0) is 23.3. The second-order valence-electron chi connectivity index (χ2n) is 7.25. The van der Waals surface area contributed by atoms with Crippen LogP contribution < -0.4 is 24.3 Å². The van der Waals surface area contributed by atoms with Crippen LogP contribution in [0.3, 0.4) is 0 Å². The number of methoxy groups -OCH3 is 4. The number of benzene rings is 2. The van der Waals surface area contributed by atoms with Gasteiger partial charge < -0.3 is 24.3 Å². The molecular weight excluding hydrogens is 436 g/mol. The number of ether oxygens (including phenoxy) is 4. The molecule has 10 heteroatoms. The summed E-state index contributed by atoms with van der Waals surface area (Å²) in [4.78, 5) is 12.8. The smallest absolute Gasteiger partial charge is 0.246 e. The first-order valence-corrected chi connectivity index (χ1v) is 11.5. The van der Waals surface area contributed by atoms with E-state index in [1.165, 1.54) is 31.7 Å². The van der Waals surface area contributed by atoms with Gasteiger partial charge in [-0.15, -0.1) is 0 Å². The molecule has 0 unspecified atom stereocenters. The topological polar surface area (TPSA) is 103 Å². The van der Waals surface area contributed by atoms with Crippen molar-refractivity contribution in [1.29, 1.82) is 0 Å². The molecule has 1 aliphatic rings. The fraction of sp³-hybridized carbons (Fsp3) is 0.409. The van der Waals surface area contributed by atoms with Crippen molar-refractivity contribution >= 4 is 21.6 Å². The summed E-state index contributed by atoms with van der Waals surface area (Å²) < 4.78 is 48.6. The summed E-state index contributed by atoms with van der Waals surface area (Å²) in [5.41, 5.74) is 0.587. The number of hydrogen-bond donors (Lipinski definition) is 1. The molecule has 0 spiro atoms. The van der Waals surface area contributed by atoms with Gasteiger partial charge in [-0.2, -0.15) is 4.31 Å². The fourth-order valence-corrected chi connectivity index (χ4v) is 5.28. The van der Waals surface area contributed by atoms with Crippen LogP contribution >= 0.6 is 0 Å². The van der Waals surface area contributed by atoms with Gasteiger partial charge in [-0.05, 0) is 37.1 Å². The minimum absolute atomic E-state index is 0.0487. The number of sulfonamides is 1. The number of carbonyl (C=O) groups is 1. The summed E-state index contributed by atoms with van der Waals surface area (Å²) in [5.74, 6) is 1.29. The Morgan fingerprint density at radius 1 is 0.875 bits per heavy atom. The van der Waals surface area contributed by atoms with E-state index in [1.54, 1.807) is 37.4 Å². The van der Waals surface area contributed by atoms with Crippen LogP contribution in [0.1, 0.15) is 12.8 Å². The lowest BCUT2D eigenvalue weighted by molar-refractivity contribution is -0.120. The van der Waals surface area contributed by atoms with Gasteiger partial charge in [0.2, 0.25) is 15.9 Å². The molecule has 174 valence electrons. The van der Waals surface area contributed by atoms with Gasteiger partial charge in [0.1, 0.15) is 16.4 Å². The Bertz CT molecular complexity index is 1060. The number of carbonyl (C=O) groups excluding carboxylic acids is 1. The van der Waals surface area contributed by atoms with E-state index in [-0.39, 0.29) is 35.6 Å². The molecule has 1 aliphatic heterocycles. The first-order chi connectivity index (χ1) is 15.3. The standard InChI is InChI=1S/C22H28N2O7S/c1-28-17-6-8-19(30-3)21(14-17)32(26,27)24-11-9-15(10-12-24)22(25)23-16-5-7-18(29-2)20(13-16)31-4/h5-8,13-15H,9-12H2,1-4H3,(H,23,25). The van der Waals surface area contributed by atoms with E-state index in [2.05, 4.69) is 5.32 Å². The van der Waals surface area contributed by atoms with Crippen LogP contribution in [0.5, 0.6) is 23.0 Å². The molecule has 0 aromatic heterocycles. The van der Waals surface area contributed by atoms with Gasteiger partial charge in [0.15, 0.2) is 11.5 Å². The minimum atomic E-state index is -3.80. The van der Waals surface area contributed by atoms with Gasteiger partial charge in [-0.1, -0.05) is 0 Å². The number of nitrogens with zero attached hydrogens (tertiary/aromatic N) is 1.